The molecule has 1 saturated carbocycles. The molecule has 2 aromatic heterocycles. The fourth-order valence-electron chi connectivity index (χ4n) is 5.58. The number of hydrogen-bond acceptors (Lipinski definition) is 7. The summed E-state index contributed by atoms with van der Waals surface area (Å²) in [6.45, 7) is 5.52. The summed E-state index contributed by atoms with van der Waals surface area (Å²) in [5, 5.41) is 8.22. The van der Waals surface area contributed by atoms with E-state index in [1.165, 1.54) is 11.3 Å². The summed E-state index contributed by atoms with van der Waals surface area (Å²) in [4.78, 5) is 37.7. The highest BCUT2D eigenvalue weighted by atomic mass is 35.5. The van der Waals surface area contributed by atoms with E-state index >= 15 is 0 Å². The number of likely N-dealkylation sites (N-methyl/N-ethyl adjacent to an activating group) is 1. The van der Waals surface area contributed by atoms with Crippen LogP contribution in [0.2, 0.25) is 5.02 Å². The highest BCUT2D eigenvalue weighted by molar-refractivity contribution is 7.13. The van der Waals surface area contributed by atoms with Crippen molar-refractivity contribution in [2.24, 2.45) is 0 Å². The molecule has 6 rings (SSSR count). The summed E-state index contributed by atoms with van der Waals surface area (Å²) in [6.07, 6.45) is 1.56. The van der Waals surface area contributed by atoms with Crippen molar-refractivity contribution in [1.82, 2.24) is 25.5 Å². The molecule has 1 aliphatic carbocycles. The largest absolute Gasteiger partial charge is 0.351 e. The van der Waals surface area contributed by atoms with Crippen molar-refractivity contribution in [1.29, 1.82) is 0 Å². The van der Waals surface area contributed by atoms with Gasteiger partial charge < -0.3 is 30.0 Å². The van der Waals surface area contributed by atoms with E-state index in [-0.39, 0.29) is 36.1 Å². The lowest BCUT2D eigenvalue weighted by Crippen LogP contribution is -2.58. The van der Waals surface area contributed by atoms with E-state index < -0.39 is 5.79 Å². The van der Waals surface area contributed by atoms with E-state index in [4.69, 9.17) is 21.1 Å². The standard InChI is InChI=1S/C26H30ClN5O4S/c1-26(2)35-20-10-17(29-23(33)19-9-13-8-14(27)4-5-15(13)28-19)18(11-21(20)36-26)30-24(34)25-31-16-6-7-32(3)12-22(16)37-25/h4-5,8-9,17-18,20-21,28H,6-7,10-12H2,1-3H3,(H,29,33)(H,30,34)/t17-,18+,20+,21-/m1/s1. The Labute approximate surface area is 223 Å². The van der Waals surface area contributed by atoms with E-state index in [0.29, 0.717) is 28.6 Å². The van der Waals surface area contributed by atoms with Crippen molar-refractivity contribution in [3.8, 4) is 0 Å². The molecule has 0 unspecified atom stereocenters. The summed E-state index contributed by atoms with van der Waals surface area (Å²) in [5.41, 5.74) is 2.27. The van der Waals surface area contributed by atoms with E-state index in [2.05, 4.69) is 32.5 Å². The summed E-state index contributed by atoms with van der Waals surface area (Å²) >= 11 is 7.56. The zero-order valence-electron chi connectivity index (χ0n) is 21.0. The van der Waals surface area contributed by atoms with Crippen LogP contribution in [0.15, 0.2) is 24.3 Å². The molecule has 3 aliphatic rings. The lowest BCUT2D eigenvalue weighted by molar-refractivity contribution is -0.145. The van der Waals surface area contributed by atoms with Crippen molar-refractivity contribution in [2.45, 2.75) is 69.7 Å². The molecule has 9 nitrogen and oxygen atoms in total. The molecule has 1 saturated heterocycles. The molecular weight excluding hydrogens is 514 g/mol. The molecule has 3 N–H and O–H groups in total. The third kappa shape index (κ3) is 5.00. The zero-order chi connectivity index (χ0) is 25.9. The van der Waals surface area contributed by atoms with Crippen LogP contribution in [0.5, 0.6) is 0 Å². The highest BCUT2D eigenvalue weighted by Gasteiger charge is 2.48. The fraction of sp³-hybridized carbons (Fsp3) is 0.500. The summed E-state index contributed by atoms with van der Waals surface area (Å²) in [6, 6.07) is 6.55. The third-order valence-electron chi connectivity index (χ3n) is 7.32. The molecule has 37 heavy (non-hydrogen) atoms. The number of fused-ring (bicyclic) bond motifs is 3. The van der Waals surface area contributed by atoms with Crippen LogP contribution in [0.3, 0.4) is 0 Å². The number of thiazole rings is 1. The maximum Gasteiger partial charge on any atom is 0.280 e. The maximum absolute atomic E-state index is 13.3. The van der Waals surface area contributed by atoms with Crippen LogP contribution >= 0.6 is 22.9 Å². The van der Waals surface area contributed by atoms with Gasteiger partial charge in [-0.25, -0.2) is 4.98 Å². The lowest BCUT2D eigenvalue weighted by Gasteiger charge is -2.37. The van der Waals surface area contributed by atoms with Crippen LogP contribution in [0, 0.1) is 0 Å². The predicted molar refractivity (Wildman–Crippen MR) is 141 cm³/mol. The van der Waals surface area contributed by atoms with Crippen LogP contribution in [-0.2, 0) is 22.4 Å². The second-order valence-corrected chi connectivity index (χ2v) is 12.2. The number of rotatable bonds is 4. The van der Waals surface area contributed by atoms with Crippen molar-refractivity contribution >= 4 is 45.7 Å². The van der Waals surface area contributed by atoms with Crippen LogP contribution in [0.4, 0.5) is 0 Å². The van der Waals surface area contributed by atoms with Gasteiger partial charge in [0, 0.05) is 40.3 Å². The minimum Gasteiger partial charge on any atom is -0.351 e. The molecule has 196 valence electrons. The molecule has 2 aliphatic heterocycles. The first-order valence-corrected chi connectivity index (χ1v) is 13.8. The predicted octanol–water partition coefficient (Wildman–Crippen LogP) is 3.48. The number of aromatic amines is 1. The van der Waals surface area contributed by atoms with Gasteiger partial charge >= 0.3 is 0 Å². The van der Waals surface area contributed by atoms with Crippen LogP contribution in [0.25, 0.3) is 10.9 Å². The molecule has 0 spiro atoms. The average Bonchev–Trinajstić information content (AvgIpc) is 3.52. The van der Waals surface area contributed by atoms with Gasteiger partial charge in [0.15, 0.2) is 10.8 Å². The monoisotopic (exact) mass is 543 g/mol. The summed E-state index contributed by atoms with van der Waals surface area (Å²) in [7, 11) is 2.07. The number of halogens is 1. The number of amides is 2. The summed E-state index contributed by atoms with van der Waals surface area (Å²) in [5.74, 6) is -1.18. The lowest BCUT2D eigenvalue weighted by atomic mass is 9.86. The molecule has 11 heteroatoms. The number of carbonyl (C=O) groups excluding carboxylic acids is 2. The Hall–Kier alpha value is -2.50. The molecule has 1 aromatic carbocycles. The van der Waals surface area contributed by atoms with E-state index in [1.54, 1.807) is 12.1 Å². The Bertz CT molecular complexity index is 1370. The third-order valence-corrected chi connectivity index (χ3v) is 8.64. The minimum absolute atomic E-state index is 0.165. The van der Waals surface area contributed by atoms with Gasteiger partial charge in [-0.15, -0.1) is 11.3 Å². The number of ether oxygens (including phenoxy) is 2. The van der Waals surface area contributed by atoms with Gasteiger partial charge in [-0.05, 0) is 58.0 Å². The van der Waals surface area contributed by atoms with Gasteiger partial charge in [-0.3, -0.25) is 9.59 Å². The number of H-pyrrole nitrogens is 1. The maximum atomic E-state index is 13.3. The van der Waals surface area contributed by atoms with Crippen molar-refractivity contribution < 1.29 is 19.1 Å². The first kappa shape index (κ1) is 24.8. The number of nitrogens with one attached hydrogen (secondary N) is 3. The first-order chi connectivity index (χ1) is 17.6. The zero-order valence-corrected chi connectivity index (χ0v) is 22.5. The van der Waals surface area contributed by atoms with Gasteiger partial charge in [0.1, 0.15) is 5.69 Å². The highest BCUT2D eigenvalue weighted by Crippen LogP contribution is 2.37. The molecule has 2 fully saturated rings. The molecule has 4 atom stereocenters. The number of carbonyl (C=O) groups is 2. The Morgan fingerprint density at radius 2 is 1.84 bits per heavy atom. The Morgan fingerprint density at radius 1 is 1.14 bits per heavy atom. The van der Waals surface area contributed by atoms with Crippen LogP contribution in [-0.4, -0.2) is 70.4 Å². The minimum atomic E-state index is -0.709. The first-order valence-electron chi connectivity index (χ1n) is 12.6. The molecule has 0 radical (unpaired) electrons. The molecule has 2 amide bonds. The number of aromatic nitrogens is 2. The normalized spacial score (nSPS) is 27.0. The van der Waals surface area contributed by atoms with Crippen LogP contribution in [0.1, 0.15) is 57.6 Å². The van der Waals surface area contributed by atoms with Crippen molar-refractivity contribution in [2.75, 3.05) is 13.6 Å². The van der Waals surface area contributed by atoms with Crippen LogP contribution < -0.4 is 10.6 Å². The Morgan fingerprint density at radius 3 is 2.57 bits per heavy atom. The smallest absolute Gasteiger partial charge is 0.280 e. The number of nitrogens with zero attached hydrogens (tertiary/aromatic N) is 2. The SMILES string of the molecule is CN1CCc2nc(C(=O)N[C@H]3C[C@H]4OC(C)(C)O[C@H]4C[C@H]3NC(=O)c3cc4cc(Cl)ccc4[nH]3)sc2C1. The topological polar surface area (TPSA) is 109 Å². The number of benzene rings is 1. The molecular formula is C26H30ClN5O4S. The molecule has 0 bridgehead atoms. The number of hydrogen-bond donors (Lipinski definition) is 3. The molecule has 3 aromatic rings. The second-order valence-electron chi connectivity index (χ2n) is 10.6. The van der Waals surface area contributed by atoms with Gasteiger partial charge in [-0.2, -0.15) is 0 Å². The average molecular weight is 544 g/mol. The van der Waals surface area contributed by atoms with Crippen molar-refractivity contribution in [3.63, 3.8) is 0 Å². The van der Waals surface area contributed by atoms with E-state index in [0.717, 1.165) is 41.0 Å². The quantitative estimate of drug-likeness (QED) is 0.465. The van der Waals surface area contributed by atoms with Gasteiger partial charge in [0.2, 0.25) is 0 Å². The Kier molecular flexibility index (Phi) is 6.27. The van der Waals surface area contributed by atoms with E-state index in [9.17, 15) is 9.59 Å². The van der Waals surface area contributed by atoms with Gasteiger partial charge in [0.05, 0.1) is 30.0 Å². The van der Waals surface area contributed by atoms with Gasteiger partial charge in [-0.1, -0.05) is 11.6 Å². The second kappa shape index (κ2) is 9.36. The molecule has 4 heterocycles. The van der Waals surface area contributed by atoms with Crippen molar-refractivity contribution in [3.05, 3.63) is 50.6 Å². The fourth-order valence-corrected chi connectivity index (χ4v) is 6.85. The van der Waals surface area contributed by atoms with Gasteiger partial charge in [0.25, 0.3) is 11.8 Å². The van der Waals surface area contributed by atoms with E-state index in [1.807, 2.05) is 26.0 Å². The summed E-state index contributed by atoms with van der Waals surface area (Å²) < 4.78 is 12.2. The Balaban J connectivity index is 1.22.